The molecule has 0 saturated carbocycles. The first-order chi connectivity index (χ1) is 8.52. The van der Waals surface area contributed by atoms with Gasteiger partial charge in [-0.05, 0) is 19.8 Å². The smallest absolute Gasteiger partial charge is 0.339 e. The molecule has 1 heterocycles. The average molecular weight is 256 g/mol. The number of hydrogen-bond acceptors (Lipinski definition) is 5. The lowest BCUT2D eigenvalue weighted by Gasteiger charge is -2.10. The fourth-order valence-corrected chi connectivity index (χ4v) is 1.67. The zero-order chi connectivity index (χ0) is 13.5. The molecule has 1 aromatic rings. The third-order valence-corrected chi connectivity index (χ3v) is 2.68. The summed E-state index contributed by atoms with van der Waals surface area (Å²) in [5, 5.41) is 19.0. The monoisotopic (exact) mass is 256 g/mol. The molecule has 5 nitrogen and oxygen atoms in total. The van der Waals surface area contributed by atoms with E-state index in [0.717, 1.165) is 12.8 Å². The number of rotatable bonds is 7. The van der Waals surface area contributed by atoms with Crippen LogP contribution < -0.4 is 10.4 Å². The van der Waals surface area contributed by atoms with Crippen LogP contribution in [0, 0.1) is 0 Å². The minimum atomic E-state index is -0.818. The quantitative estimate of drug-likeness (QED) is 0.725. The van der Waals surface area contributed by atoms with E-state index in [0.29, 0.717) is 18.6 Å². The van der Waals surface area contributed by atoms with Gasteiger partial charge in [0.1, 0.15) is 17.6 Å². The summed E-state index contributed by atoms with van der Waals surface area (Å²) in [5.74, 6) is 0.598. The number of ether oxygens (including phenoxy) is 1. The molecule has 2 unspecified atom stereocenters. The fraction of sp³-hybridized carbons (Fsp3) is 0.615. The maximum Gasteiger partial charge on any atom is 0.339 e. The minimum absolute atomic E-state index is 0.219. The molecule has 0 bridgehead atoms. The van der Waals surface area contributed by atoms with Crippen LogP contribution in [0.3, 0.4) is 0 Å². The van der Waals surface area contributed by atoms with Crippen molar-refractivity contribution in [1.82, 2.24) is 0 Å². The molecule has 2 atom stereocenters. The van der Waals surface area contributed by atoms with E-state index in [1.807, 2.05) is 0 Å². The first kappa shape index (κ1) is 14.7. The van der Waals surface area contributed by atoms with Crippen molar-refractivity contribution in [3.8, 4) is 5.75 Å². The minimum Gasteiger partial charge on any atom is -0.496 e. The highest BCUT2D eigenvalue weighted by atomic mass is 16.5. The Morgan fingerprint density at radius 3 is 2.56 bits per heavy atom. The number of unbranched alkanes of at least 4 members (excludes halogenated alkanes) is 1. The molecular formula is C13H20O5. The van der Waals surface area contributed by atoms with Gasteiger partial charge >= 0.3 is 5.63 Å². The molecule has 0 aliphatic rings. The second kappa shape index (κ2) is 7.18. The highest BCUT2D eigenvalue weighted by molar-refractivity contribution is 5.21. The van der Waals surface area contributed by atoms with Crippen molar-refractivity contribution >= 4 is 0 Å². The number of methoxy groups -OCH3 is 1. The molecular weight excluding hydrogens is 236 g/mol. The summed E-state index contributed by atoms with van der Waals surface area (Å²) < 4.78 is 9.86. The molecule has 102 valence electrons. The molecule has 2 N–H and O–H groups in total. The summed E-state index contributed by atoms with van der Waals surface area (Å²) in [6.07, 6.45) is 1.63. The lowest BCUT2D eigenvalue weighted by atomic mass is 10.1. The van der Waals surface area contributed by atoms with Gasteiger partial charge in [-0.25, -0.2) is 4.79 Å². The average Bonchev–Trinajstić information content (AvgIpc) is 2.33. The van der Waals surface area contributed by atoms with Crippen molar-refractivity contribution in [3.05, 3.63) is 28.3 Å². The first-order valence-corrected chi connectivity index (χ1v) is 6.08. The molecule has 0 radical (unpaired) electrons. The van der Waals surface area contributed by atoms with Crippen LogP contribution in [0.15, 0.2) is 21.3 Å². The topological polar surface area (TPSA) is 79.9 Å². The second-order valence-corrected chi connectivity index (χ2v) is 4.37. The maximum absolute atomic E-state index is 11.2. The third-order valence-electron chi connectivity index (χ3n) is 2.68. The Bertz CT molecular complexity index is 410. The number of aliphatic hydroxyl groups is 2. The molecule has 0 aliphatic carbocycles. The molecule has 0 amide bonds. The zero-order valence-electron chi connectivity index (χ0n) is 10.8. The van der Waals surface area contributed by atoms with Crippen LogP contribution in [-0.2, 0) is 0 Å². The fourth-order valence-electron chi connectivity index (χ4n) is 1.67. The Hall–Kier alpha value is -1.33. The van der Waals surface area contributed by atoms with Crippen molar-refractivity contribution in [2.75, 3.05) is 7.11 Å². The predicted octanol–water partition coefficient (Wildman–Crippen LogP) is 1.62. The molecule has 5 heteroatoms. The molecule has 1 aromatic heterocycles. The van der Waals surface area contributed by atoms with E-state index in [9.17, 15) is 9.90 Å². The van der Waals surface area contributed by atoms with E-state index in [4.69, 9.17) is 14.3 Å². The summed E-state index contributed by atoms with van der Waals surface area (Å²) in [5.41, 5.74) is -0.535. The Morgan fingerprint density at radius 2 is 1.94 bits per heavy atom. The maximum atomic E-state index is 11.2. The normalized spacial score (nSPS) is 14.2. The summed E-state index contributed by atoms with van der Waals surface area (Å²) in [7, 11) is 1.45. The van der Waals surface area contributed by atoms with Crippen molar-refractivity contribution in [1.29, 1.82) is 0 Å². The van der Waals surface area contributed by atoms with Gasteiger partial charge in [0.2, 0.25) is 0 Å². The van der Waals surface area contributed by atoms with Crippen LogP contribution >= 0.6 is 0 Å². The highest BCUT2D eigenvalue weighted by Crippen LogP contribution is 2.21. The van der Waals surface area contributed by atoms with Gasteiger partial charge in [0.15, 0.2) is 0 Å². The molecule has 0 aromatic carbocycles. The standard InChI is InChI=1S/C13H20O5/c1-9(14)5-3-4-6-11(15)12-7-10(17-2)8-13(16)18-12/h7-9,11,14-15H,3-6H2,1-2H3. The van der Waals surface area contributed by atoms with Gasteiger partial charge in [0, 0.05) is 6.07 Å². The van der Waals surface area contributed by atoms with Gasteiger partial charge in [-0.3, -0.25) is 0 Å². The molecule has 0 spiro atoms. The molecule has 0 fully saturated rings. The lowest BCUT2D eigenvalue weighted by Crippen LogP contribution is -2.06. The summed E-state index contributed by atoms with van der Waals surface area (Å²) in [6.45, 7) is 1.73. The van der Waals surface area contributed by atoms with Crippen molar-refractivity contribution in [2.45, 2.75) is 44.8 Å². The van der Waals surface area contributed by atoms with Crippen molar-refractivity contribution in [3.63, 3.8) is 0 Å². The highest BCUT2D eigenvalue weighted by Gasteiger charge is 2.12. The van der Waals surface area contributed by atoms with E-state index in [2.05, 4.69) is 0 Å². The number of hydrogen-bond donors (Lipinski definition) is 2. The SMILES string of the molecule is COc1cc(C(O)CCCCC(C)O)oc(=O)c1. The van der Waals surface area contributed by atoms with E-state index < -0.39 is 11.7 Å². The van der Waals surface area contributed by atoms with Crippen molar-refractivity contribution in [2.24, 2.45) is 0 Å². The molecule has 18 heavy (non-hydrogen) atoms. The van der Waals surface area contributed by atoms with E-state index in [1.54, 1.807) is 6.92 Å². The summed E-state index contributed by atoms with van der Waals surface area (Å²) >= 11 is 0. The largest absolute Gasteiger partial charge is 0.496 e. The van der Waals surface area contributed by atoms with Crippen LogP contribution in [0.5, 0.6) is 5.75 Å². The Kier molecular flexibility index (Phi) is 5.88. The Labute approximate surface area is 106 Å². The van der Waals surface area contributed by atoms with Crippen LogP contribution in [0.2, 0.25) is 0 Å². The van der Waals surface area contributed by atoms with Gasteiger partial charge in [0.25, 0.3) is 0 Å². The third kappa shape index (κ3) is 4.89. The zero-order valence-corrected chi connectivity index (χ0v) is 10.8. The van der Waals surface area contributed by atoms with Gasteiger partial charge in [-0.15, -0.1) is 0 Å². The van der Waals surface area contributed by atoms with Gasteiger partial charge in [0.05, 0.1) is 19.3 Å². The summed E-state index contributed by atoms with van der Waals surface area (Å²) in [6, 6.07) is 2.74. The predicted molar refractivity (Wildman–Crippen MR) is 66.6 cm³/mol. The lowest BCUT2D eigenvalue weighted by molar-refractivity contribution is 0.127. The second-order valence-electron chi connectivity index (χ2n) is 4.37. The molecule has 0 saturated heterocycles. The molecule has 0 aliphatic heterocycles. The Morgan fingerprint density at radius 1 is 1.28 bits per heavy atom. The Balaban J connectivity index is 2.53. The van der Waals surface area contributed by atoms with Crippen LogP contribution in [0.4, 0.5) is 0 Å². The van der Waals surface area contributed by atoms with E-state index >= 15 is 0 Å². The van der Waals surface area contributed by atoms with Crippen LogP contribution in [0.1, 0.15) is 44.5 Å². The number of aliphatic hydroxyl groups excluding tert-OH is 2. The van der Waals surface area contributed by atoms with E-state index in [1.165, 1.54) is 19.2 Å². The van der Waals surface area contributed by atoms with Gasteiger partial charge < -0.3 is 19.4 Å². The van der Waals surface area contributed by atoms with Crippen molar-refractivity contribution < 1.29 is 19.4 Å². The van der Waals surface area contributed by atoms with Crippen LogP contribution in [0.25, 0.3) is 0 Å². The van der Waals surface area contributed by atoms with Gasteiger partial charge in [-0.1, -0.05) is 12.8 Å². The van der Waals surface area contributed by atoms with E-state index in [-0.39, 0.29) is 11.9 Å². The van der Waals surface area contributed by atoms with Gasteiger partial charge in [-0.2, -0.15) is 0 Å². The van der Waals surface area contributed by atoms with Crippen LogP contribution in [-0.4, -0.2) is 23.4 Å². The molecule has 1 rings (SSSR count). The first-order valence-electron chi connectivity index (χ1n) is 6.08. The summed E-state index contributed by atoms with van der Waals surface area (Å²) in [4.78, 5) is 11.2.